The van der Waals surface area contributed by atoms with Gasteiger partial charge in [0.15, 0.2) is 0 Å². The Bertz CT molecular complexity index is 296. The highest BCUT2D eigenvalue weighted by molar-refractivity contribution is 4.96. The second-order valence-electron chi connectivity index (χ2n) is 4.89. The summed E-state index contributed by atoms with van der Waals surface area (Å²) in [5.74, 6) is 10.4. The lowest BCUT2D eigenvalue weighted by Gasteiger charge is -2.34. The van der Waals surface area contributed by atoms with Crippen LogP contribution in [0.3, 0.4) is 0 Å². The van der Waals surface area contributed by atoms with Crippen molar-refractivity contribution in [2.45, 2.75) is 57.7 Å². The summed E-state index contributed by atoms with van der Waals surface area (Å²) >= 11 is 0. The molecule has 1 unspecified atom stereocenters. The molecule has 1 fully saturated rings. The van der Waals surface area contributed by atoms with Crippen molar-refractivity contribution in [2.75, 3.05) is 0 Å². The molecule has 0 aliphatic heterocycles. The summed E-state index contributed by atoms with van der Waals surface area (Å²) in [5.41, 5.74) is 2.74. The number of nitrogens with one attached hydrogen (secondary N) is 1. The molecule has 2 nitrogen and oxygen atoms in total. The molecule has 104 valence electrons. The van der Waals surface area contributed by atoms with Gasteiger partial charge in [0.25, 0.3) is 0 Å². The van der Waals surface area contributed by atoms with Gasteiger partial charge in [-0.05, 0) is 44.9 Å². The van der Waals surface area contributed by atoms with Crippen LogP contribution in [0.25, 0.3) is 0 Å². The van der Waals surface area contributed by atoms with Crippen LogP contribution in [-0.4, -0.2) is 12.2 Å². The van der Waals surface area contributed by atoms with E-state index in [-0.39, 0.29) is 24.8 Å². The molecule has 1 atom stereocenters. The van der Waals surface area contributed by atoms with E-state index in [0.717, 1.165) is 12.8 Å². The van der Waals surface area contributed by atoms with Crippen molar-refractivity contribution < 1.29 is 13.2 Å². The fourth-order valence-corrected chi connectivity index (χ4v) is 2.66. The molecule has 1 aliphatic carbocycles. The maximum absolute atomic E-state index is 12.5. The van der Waals surface area contributed by atoms with Crippen LogP contribution in [0.4, 0.5) is 13.2 Å². The average molecular weight is 262 g/mol. The molecule has 5 heteroatoms. The highest BCUT2D eigenvalue weighted by atomic mass is 19.4. The number of halogens is 3. The van der Waals surface area contributed by atoms with Gasteiger partial charge in [0.05, 0.1) is 5.92 Å². The molecule has 1 saturated carbocycles. The van der Waals surface area contributed by atoms with Crippen molar-refractivity contribution in [1.29, 1.82) is 0 Å². The van der Waals surface area contributed by atoms with E-state index in [1.54, 1.807) is 6.92 Å². The summed E-state index contributed by atoms with van der Waals surface area (Å²) < 4.78 is 37.6. The quantitative estimate of drug-likeness (QED) is 0.464. The maximum Gasteiger partial charge on any atom is 0.391 e. The molecule has 0 saturated heterocycles. The van der Waals surface area contributed by atoms with Crippen molar-refractivity contribution in [1.82, 2.24) is 5.43 Å². The lowest BCUT2D eigenvalue weighted by molar-refractivity contribution is -0.184. The molecular weight excluding hydrogens is 241 g/mol. The Balaban J connectivity index is 2.41. The predicted octanol–water partition coefficient (Wildman–Crippen LogP) is 2.99. The number of rotatable bonds is 4. The molecule has 0 bridgehead atoms. The molecule has 3 N–H and O–H groups in total. The van der Waals surface area contributed by atoms with Gasteiger partial charge in [-0.3, -0.25) is 11.3 Å². The molecule has 0 radical (unpaired) electrons. The number of nitrogens with two attached hydrogens (primary N) is 1. The standard InChI is InChI=1S/C13H21F3N2/c1-2-3-4-5-12(18-17)10-6-8-11(9-7-10)13(14,15)16/h10-12,18H,4-9,17H2,1H3. The third kappa shape index (κ3) is 4.51. The molecule has 1 aliphatic rings. The Kier molecular flexibility index (Phi) is 5.97. The molecule has 0 aromatic carbocycles. The molecule has 18 heavy (non-hydrogen) atoms. The Hall–Kier alpha value is -0.730. The van der Waals surface area contributed by atoms with E-state index in [1.807, 2.05) is 0 Å². The first-order valence-electron chi connectivity index (χ1n) is 6.41. The topological polar surface area (TPSA) is 38.0 Å². The number of hydrazine groups is 1. The zero-order chi connectivity index (χ0) is 13.6. The van der Waals surface area contributed by atoms with E-state index in [2.05, 4.69) is 17.3 Å². The zero-order valence-electron chi connectivity index (χ0n) is 10.7. The first-order chi connectivity index (χ1) is 8.49. The van der Waals surface area contributed by atoms with E-state index in [4.69, 9.17) is 5.84 Å². The number of hydrogen-bond acceptors (Lipinski definition) is 2. The van der Waals surface area contributed by atoms with E-state index in [1.165, 1.54) is 0 Å². The minimum Gasteiger partial charge on any atom is -0.271 e. The summed E-state index contributed by atoms with van der Waals surface area (Å²) in [6.07, 6.45) is -0.845. The van der Waals surface area contributed by atoms with E-state index in [9.17, 15) is 13.2 Å². The van der Waals surface area contributed by atoms with Gasteiger partial charge in [0.1, 0.15) is 0 Å². The van der Waals surface area contributed by atoms with Gasteiger partial charge < -0.3 is 0 Å². The Morgan fingerprint density at radius 3 is 2.33 bits per heavy atom. The highest BCUT2D eigenvalue weighted by Crippen LogP contribution is 2.40. The SMILES string of the molecule is CC#CCCC(NN)C1CCC(C(F)(F)F)CC1. The summed E-state index contributed by atoms with van der Waals surface area (Å²) in [6.45, 7) is 1.78. The smallest absolute Gasteiger partial charge is 0.271 e. The van der Waals surface area contributed by atoms with Gasteiger partial charge in [-0.25, -0.2) is 0 Å². The van der Waals surface area contributed by atoms with Crippen LogP contribution in [0.1, 0.15) is 45.4 Å². The fourth-order valence-electron chi connectivity index (χ4n) is 2.66. The van der Waals surface area contributed by atoms with Crippen molar-refractivity contribution in [3.05, 3.63) is 0 Å². The summed E-state index contributed by atoms with van der Waals surface area (Å²) in [7, 11) is 0. The van der Waals surface area contributed by atoms with E-state index >= 15 is 0 Å². The Morgan fingerprint density at radius 2 is 1.89 bits per heavy atom. The fraction of sp³-hybridized carbons (Fsp3) is 0.846. The minimum atomic E-state index is -4.04. The Labute approximate surface area is 106 Å². The Morgan fingerprint density at radius 1 is 1.28 bits per heavy atom. The van der Waals surface area contributed by atoms with Gasteiger partial charge in [-0.15, -0.1) is 11.8 Å². The first-order valence-corrected chi connectivity index (χ1v) is 6.41. The highest BCUT2D eigenvalue weighted by Gasteiger charge is 2.42. The lowest BCUT2D eigenvalue weighted by Crippen LogP contribution is -2.43. The van der Waals surface area contributed by atoms with Gasteiger partial charge in [-0.1, -0.05) is 0 Å². The van der Waals surface area contributed by atoms with E-state index in [0.29, 0.717) is 12.8 Å². The molecule has 0 heterocycles. The second-order valence-corrected chi connectivity index (χ2v) is 4.89. The maximum atomic E-state index is 12.5. The first kappa shape index (κ1) is 15.3. The predicted molar refractivity (Wildman–Crippen MR) is 65.3 cm³/mol. The van der Waals surface area contributed by atoms with Gasteiger partial charge >= 0.3 is 6.18 Å². The summed E-state index contributed by atoms with van der Waals surface area (Å²) in [4.78, 5) is 0. The summed E-state index contributed by atoms with van der Waals surface area (Å²) in [6, 6.07) is 0.0834. The third-order valence-electron chi connectivity index (χ3n) is 3.77. The minimum absolute atomic E-state index is 0.0834. The van der Waals surface area contributed by atoms with Crippen LogP contribution in [0.5, 0.6) is 0 Å². The molecule has 0 spiro atoms. The van der Waals surface area contributed by atoms with Crippen molar-refractivity contribution in [2.24, 2.45) is 17.7 Å². The van der Waals surface area contributed by atoms with Gasteiger partial charge in [0, 0.05) is 12.5 Å². The van der Waals surface area contributed by atoms with Crippen LogP contribution in [-0.2, 0) is 0 Å². The second kappa shape index (κ2) is 7.01. The molecule has 0 amide bonds. The van der Waals surface area contributed by atoms with Crippen LogP contribution in [0.15, 0.2) is 0 Å². The van der Waals surface area contributed by atoms with Crippen LogP contribution in [0.2, 0.25) is 0 Å². The van der Waals surface area contributed by atoms with Crippen molar-refractivity contribution >= 4 is 0 Å². The van der Waals surface area contributed by atoms with Crippen LogP contribution in [0, 0.1) is 23.7 Å². The van der Waals surface area contributed by atoms with Gasteiger partial charge in [0.2, 0.25) is 0 Å². The van der Waals surface area contributed by atoms with E-state index < -0.39 is 12.1 Å². The lowest BCUT2D eigenvalue weighted by atomic mass is 9.77. The molecule has 0 aromatic heterocycles. The van der Waals surface area contributed by atoms with Crippen molar-refractivity contribution in [3.63, 3.8) is 0 Å². The van der Waals surface area contributed by atoms with Crippen molar-refractivity contribution in [3.8, 4) is 11.8 Å². The van der Waals surface area contributed by atoms with Gasteiger partial charge in [-0.2, -0.15) is 13.2 Å². The largest absolute Gasteiger partial charge is 0.391 e. The number of alkyl halides is 3. The normalized spacial score (nSPS) is 26.3. The average Bonchev–Trinajstić information content (AvgIpc) is 2.34. The van der Waals surface area contributed by atoms with Crippen LogP contribution >= 0.6 is 0 Å². The number of hydrogen-bond donors (Lipinski definition) is 2. The molecule has 0 aromatic rings. The van der Waals surface area contributed by atoms with Crippen LogP contribution < -0.4 is 11.3 Å². The molecular formula is C13H21F3N2. The molecule has 1 rings (SSSR count). The monoisotopic (exact) mass is 262 g/mol. The third-order valence-corrected chi connectivity index (χ3v) is 3.77. The summed E-state index contributed by atoms with van der Waals surface area (Å²) in [5, 5.41) is 0. The zero-order valence-corrected chi connectivity index (χ0v) is 10.7.